The van der Waals surface area contributed by atoms with Crippen molar-refractivity contribution in [1.82, 2.24) is 9.78 Å². The minimum atomic E-state index is -1.03. The largest absolute Gasteiger partial charge is 0.487 e. The van der Waals surface area contributed by atoms with Gasteiger partial charge in [0.2, 0.25) is 5.88 Å². The Morgan fingerprint density at radius 3 is 2.96 bits per heavy atom. The lowest BCUT2D eigenvalue weighted by atomic mass is 10.1. The Morgan fingerprint density at radius 1 is 1.33 bits per heavy atom. The molecule has 2 aromatic rings. The van der Waals surface area contributed by atoms with Gasteiger partial charge >= 0.3 is 0 Å². The lowest BCUT2D eigenvalue weighted by molar-refractivity contribution is 0.0954. The molecule has 0 N–H and O–H groups in total. The Balaban J connectivity index is 1.76. The second-order valence-electron chi connectivity index (χ2n) is 5.87. The van der Waals surface area contributed by atoms with Crippen LogP contribution >= 0.6 is 0 Å². The van der Waals surface area contributed by atoms with E-state index >= 15 is 0 Å². The number of hydrogen-bond acceptors (Lipinski definition) is 4. The number of anilines is 1. The summed E-state index contributed by atoms with van der Waals surface area (Å²) in [5.74, 6) is -1.86. The summed E-state index contributed by atoms with van der Waals surface area (Å²) in [5, 5.41) is 4.16. The van der Waals surface area contributed by atoms with Crippen molar-refractivity contribution < 1.29 is 23.0 Å². The first-order chi connectivity index (χ1) is 11.5. The SMILES string of the molecule is CC1CN(C(=O)c2cnn3c2OCCC3)c2cc(F)c(F)cc2O1. The lowest BCUT2D eigenvalue weighted by Crippen LogP contribution is -2.42. The van der Waals surface area contributed by atoms with E-state index in [0.717, 1.165) is 18.6 Å². The highest BCUT2D eigenvalue weighted by molar-refractivity contribution is 6.08. The molecule has 8 heteroatoms. The molecule has 3 heterocycles. The molecule has 1 aromatic heterocycles. The summed E-state index contributed by atoms with van der Waals surface area (Å²) in [4.78, 5) is 14.3. The van der Waals surface area contributed by atoms with E-state index in [1.807, 2.05) is 0 Å². The molecule has 0 saturated heterocycles. The molecule has 4 rings (SSSR count). The molecular weight excluding hydrogens is 320 g/mol. The number of ether oxygens (including phenoxy) is 2. The van der Waals surface area contributed by atoms with Crippen LogP contribution < -0.4 is 14.4 Å². The molecule has 0 spiro atoms. The number of carbonyl (C=O) groups is 1. The highest BCUT2D eigenvalue weighted by Crippen LogP contribution is 2.37. The number of hydrogen-bond donors (Lipinski definition) is 0. The molecule has 0 aliphatic carbocycles. The Morgan fingerprint density at radius 2 is 2.12 bits per heavy atom. The van der Waals surface area contributed by atoms with Crippen molar-refractivity contribution >= 4 is 11.6 Å². The minimum absolute atomic E-state index is 0.142. The Labute approximate surface area is 136 Å². The molecule has 0 fully saturated rings. The van der Waals surface area contributed by atoms with E-state index < -0.39 is 11.6 Å². The summed E-state index contributed by atoms with van der Waals surface area (Å²) in [5.41, 5.74) is 0.507. The molecule has 1 amide bonds. The quantitative estimate of drug-likeness (QED) is 0.803. The molecule has 0 bridgehead atoms. The van der Waals surface area contributed by atoms with E-state index in [2.05, 4.69) is 5.10 Å². The number of nitrogens with zero attached hydrogens (tertiary/aromatic N) is 3. The van der Waals surface area contributed by atoms with Crippen LogP contribution in [0.3, 0.4) is 0 Å². The fourth-order valence-electron chi connectivity index (χ4n) is 2.99. The molecule has 0 radical (unpaired) electrons. The van der Waals surface area contributed by atoms with Crippen molar-refractivity contribution in [1.29, 1.82) is 0 Å². The van der Waals surface area contributed by atoms with Gasteiger partial charge in [-0.05, 0) is 6.92 Å². The van der Waals surface area contributed by atoms with Crippen LogP contribution in [0.15, 0.2) is 18.3 Å². The number of halogens is 2. The van der Waals surface area contributed by atoms with E-state index in [0.29, 0.717) is 24.6 Å². The fourth-order valence-corrected chi connectivity index (χ4v) is 2.99. The van der Waals surface area contributed by atoms with E-state index in [1.54, 1.807) is 11.6 Å². The first kappa shape index (κ1) is 14.9. The summed E-state index contributed by atoms with van der Waals surface area (Å²) in [6.07, 6.45) is 1.92. The Hall–Kier alpha value is -2.64. The Kier molecular flexibility index (Phi) is 3.40. The molecule has 24 heavy (non-hydrogen) atoms. The average Bonchev–Trinajstić information content (AvgIpc) is 2.99. The Bertz CT molecular complexity index is 821. The first-order valence-corrected chi connectivity index (χ1v) is 7.71. The highest BCUT2D eigenvalue weighted by atomic mass is 19.2. The number of aromatic nitrogens is 2. The third kappa shape index (κ3) is 2.29. The minimum Gasteiger partial charge on any atom is -0.487 e. The molecule has 6 nitrogen and oxygen atoms in total. The zero-order valence-electron chi connectivity index (χ0n) is 13.0. The van der Waals surface area contributed by atoms with Crippen molar-refractivity contribution in [3.8, 4) is 11.6 Å². The van der Waals surface area contributed by atoms with Crippen molar-refractivity contribution in [2.75, 3.05) is 18.1 Å². The molecule has 1 unspecified atom stereocenters. The van der Waals surface area contributed by atoms with Gasteiger partial charge in [0.15, 0.2) is 11.6 Å². The van der Waals surface area contributed by atoms with Gasteiger partial charge in [0.1, 0.15) is 17.4 Å². The average molecular weight is 335 g/mol. The van der Waals surface area contributed by atoms with Crippen molar-refractivity contribution in [3.63, 3.8) is 0 Å². The highest BCUT2D eigenvalue weighted by Gasteiger charge is 2.33. The maximum absolute atomic E-state index is 13.6. The van der Waals surface area contributed by atoms with Gasteiger partial charge in [-0.2, -0.15) is 5.10 Å². The standard InChI is InChI=1S/C16H15F2N3O3/c1-9-8-20(13-5-11(17)12(18)6-14(13)24-9)15(22)10-7-19-21-3-2-4-23-16(10)21/h5-7,9H,2-4,8H2,1H3. The molecule has 2 aliphatic rings. The lowest BCUT2D eigenvalue weighted by Gasteiger charge is -2.33. The number of carbonyl (C=O) groups excluding carboxylic acids is 1. The predicted octanol–water partition coefficient (Wildman–Crippen LogP) is 2.37. The topological polar surface area (TPSA) is 56.6 Å². The third-order valence-electron chi connectivity index (χ3n) is 4.08. The van der Waals surface area contributed by atoms with E-state index in [1.165, 1.54) is 11.1 Å². The molecular formula is C16H15F2N3O3. The van der Waals surface area contributed by atoms with Crippen LogP contribution in [0.2, 0.25) is 0 Å². The van der Waals surface area contributed by atoms with Gasteiger partial charge in [-0.3, -0.25) is 4.79 Å². The van der Waals surface area contributed by atoms with E-state index in [9.17, 15) is 13.6 Å². The second kappa shape index (κ2) is 5.47. The first-order valence-electron chi connectivity index (χ1n) is 7.71. The number of fused-ring (bicyclic) bond motifs is 2. The summed E-state index contributed by atoms with van der Waals surface area (Å²) in [6, 6.07) is 1.94. The monoisotopic (exact) mass is 335 g/mol. The zero-order valence-corrected chi connectivity index (χ0v) is 13.0. The maximum atomic E-state index is 13.6. The fraction of sp³-hybridized carbons (Fsp3) is 0.375. The zero-order chi connectivity index (χ0) is 16.8. The summed E-state index contributed by atoms with van der Waals surface area (Å²) >= 11 is 0. The number of aryl methyl sites for hydroxylation is 1. The van der Waals surface area contributed by atoms with Gasteiger partial charge in [0.05, 0.1) is 25.0 Å². The normalized spacial score (nSPS) is 19.1. The molecule has 1 atom stereocenters. The molecule has 1 aromatic carbocycles. The van der Waals surface area contributed by atoms with Crippen molar-refractivity contribution in [2.45, 2.75) is 26.0 Å². The molecule has 2 aliphatic heterocycles. The number of amides is 1. The van der Waals surface area contributed by atoms with Crippen LogP contribution in [0.1, 0.15) is 23.7 Å². The molecule has 0 saturated carbocycles. The van der Waals surface area contributed by atoms with Crippen LogP contribution in [0.5, 0.6) is 11.6 Å². The van der Waals surface area contributed by atoms with Gasteiger partial charge < -0.3 is 14.4 Å². The van der Waals surface area contributed by atoms with Gasteiger partial charge in [-0.1, -0.05) is 0 Å². The predicted molar refractivity (Wildman–Crippen MR) is 80.5 cm³/mol. The van der Waals surface area contributed by atoms with Gasteiger partial charge in [0.25, 0.3) is 5.91 Å². The van der Waals surface area contributed by atoms with Gasteiger partial charge in [0, 0.05) is 25.1 Å². The van der Waals surface area contributed by atoms with Crippen molar-refractivity contribution in [3.05, 3.63) is 35.5 Å². The van der Waals surface area contributed by atoms with Gasteiger partial charge in [-0.25, -0.2) is 13.5 Å². The summed E-state index contributed by atoms with van der Waals surface area (Å²) < 4.78 is 39.8. The maximum Gasteiger partial charge on any atom is 0.265 e. The smallest absolute Gasteiger partial charge is 0.265 e. The van der Waals surface area contributed by atoms with Gasteiger partial charge in [-0.15, -0.1) is 0 Å². The molecule has 126 valence electrons. The van der Waals surface area contributed by atoms with E-state index in [4.69, 9.17) is 9.47 Å². The van der Waals surface area contributed by atoms with Crippen molar-refractivity contribution in [2.24, 2.45) is 0 Å². The van der Waals surface area contributed by atoms with Crippen LogP contribution in [0.25, 0.3) is 0 Å². The van der Waals surface area contributed by atoms with Crippen LogP contribution in [-0.4, -0.2) is 34.9 Å². The van der Waals surface area contributed by atoms with Crippen LogP contribution in [-0.2, 0) is 6.54 Å². The number of rotatable bonds is 1. The van der Waals surface area contributed by atoms with Crippen LogP contribution in [0, 0.1) is 11.6 Å². The summed E-state index contributed by atoms with van der Waals surface area (Å²) in [7, 11) is 0. The third-order valence-corrected chi connectivity index (χ3v) is 4.08. The number of benzene rings is 1. The van der Waals surface area contributed by atoms with Crippen LogP contribution in [0.4, 0.5) is 14.5 Å². The second-order valence-corrected chi connectivity index (χ2v) is 5.87. The van der Waals surface area contributed by atoms with E-state index in [-0.39, 0.29) is 30.0 Å². The summed E-state index contributed by atoms with van der Waals surface area (Å²) in [6.45, 7) is 3.18.